The lowest BCUT2D eigenvalue weighted by Crippen LogP contribution is -2.57. The third-order valence-electron chi connectivity index (χ3n) is 6.09. The maximum atomic E-state index is 13.8. The van der Waals surface area contributed by atoms with Crippen LogP contribution in [-0.4, -0.2) is 53.6 Å². The van der Waals surface area contributed by atoms with Gasteiger partial charge >= 0.3 is 18.2 Å². The first kappa shape index (κ1) is 26.9. The van der Waals surface area contributed by atoms with Gasteiger partial charge in [0.1, 0.15) is 23.4 Å². The zero-order valence-corrected chi connectivity index (χ0v) is 23.1. The van der Waals surface area contributed by atoms with Crippen LogP contribution in [0.3, 0.4) is 0 Å². The van der Waals surface area contributed by atoms with Crippen molar-refractivity contribution in [2.75, 3.05) is 12.0 Å². The number of anilines is 1. The molecule has 0 radical (unpaired) electrons. The molecule has 0 bridgehead atoms. The van der Waals surface area contributed by atoms with Crippen molar-refractivity contribution in [2.24, 2.45) is 0 Å². The standard InChI is InChI=1S/C28H34N2O6S/c1-26(2,3)35-24(32)29-20-16-12-11-15-19(20)28(37-18-13-9-8-10-14-18)17-21(22(31)34-7)30(23(28)29)25(33)36-27(4,5)6/h8-16,21,23H,17H2,1-7H3/t21-,23+,28-/m1/s1. The minimum Gasteiger partial charge on any atom is -0.467 e. The molecule has 198 valence electrons. The molecule has 2 aromatic carbocycles. The number of methoxy groups -OCH3 is 1. The topological polar surface area (TPSA) is 85.4 Å². The molecule has 37 heavy (non-hydrogen) atoms. The summed E-state index contributed by atoms with van der Waals surface area (Å²) >= 11 is 1.52. The maximum absolute atomic E-state index is 13.8. The Morgan fingerprint density at radius 2 is 1.43 bits per heavy atom. The monoisotopic (exact) mass is 526 g/mol. The van der Waals surface area contributed by atoms with Gasteiger partial charge in [-0.3, -0.25) is 9.80 Å². The smallest absolute Gasteiger partial charge is 0.416 e. The van der Waals surface area contributed by atoms with Crippen LogP contribution >= 0.6 is 11.8 Å². The highest BCUT2D eigenvalue weighted by Gasteiger charge is 2.66. The molecule has 0 N–H and O–H groups in total. The van der Waals surface area contributed by atoms with Gasteiger partial charge in [-0.15, -0.1) is 11.8 Å². The molecule has 2 heterocycles. The van der Waals surface area contributed by atoms with Gasteiger partial charge in [0.2, 0.25) is 0 Å². The van der Waals surface area contributed by atoms with Crippen LogP contribution in [0.2, 0.25) is 0 Å². The lowest BCUT2D eigenvalue weighted by atomic mass is 9.95. The summed E-state index contributed by atoms with van der Waals surface area (Å²) in [6.07, 6.45) is -1.99. The summed E-state index contributed by atoms with van der Waals surface area (Å²) < 4.78 is 15.8. The summed E-state index contributed by atoms with van der Waals surface area (Å²) in [7, 11) is 1.29. The molecule has 9 heteroatoms. The average Bonchev–Trinajstić information content (AvgIpc) is 3.26. The number of benzene rings is 2. The van der Waals surface area contributed by atoms with Crippen LogP contribution in [0.5, 0.6) is 0 Å². The number of thioether (sulfide) groups is 1. The quantitative estimate of drug-likeness (QED) is 0.362. The van der Waals surface area contributed by atoms with E-state index in [1.807, 2.05) is 54.6 Å². The highest BCUT2D eigenvalue weighted by atomic mass is 32.2. The summed E-state index contributed by atoms with van der Waals surface area (Å²) in [5.74, 6) is -0.574. The Hall–Kier alpha value is -3.20. The third-order valence-corrected chi connectivity index (χ3v) is 7.56. The first-order valence-electron chi connectivity index (χ1n) is 12.2. The van der Waals surface area contributed by atoms with Gasteiger partial charge in [0.15, 0.2) is 0 Å². The average molecular weight is 527 g/mol. The minimum atomic E-state index is -0.973. The van der Waals surface area contributed by atoms with E-state index in [9.17, 15) is 14.4 Å². The Kier molecular flexibility index (Phi) is 6.96. The summed E-state index contributed by atoms with van der Waals surface area (Å²) in [6.45, 7) is 10.6. The van der Waals surface area contributed by atoms with Gasteiger partial charge in [0, 0.05) is 11.3 Å². The van der Waals surface area contributed by atoms with Crippen molar-refractivity contribution in [1.82, 2.24) is 4.90 Å². The number of ether oxygens (including phenoxy) is 3. The van der Waals surface area contributed by atoms with Crippen LogP contribution in [0, 0.1) is 0 Å². The number of carbonyl (C=O) groups is 3. The summed E-state index contributed by atoms with van der Waals surface area (Å²) in [5, 5.41) is 0. The summed E-state index contributed by atoms with van der Waals surface area (Å²) in [4.78, 5) is 44.4. The second-order valence-electron chi connectivity index (χ2n) is 11.2. The second kappa shape index (κ2) is 9.59. The molecule has 8 nitrogen and oxygen atoms in total. The Morgan fingerprint density at radius 3 is 2.03 bits per heavy atom. The van der Waals surface area contributed by atoms with Gasteiger partial charge in [0.25, 0.3) is 0 Å². The lowest BCUT2D eigenvalue weighted by molar-refractivity contribution is -0.146. The zero-order chi connectivity index (χ0) is 27.2. The Labute approximate surface area is 222 Å². The van der Waals surface area contributed by atoms with E-state index in [0.29, 0.717) is 5.69 Å². The van der Waals surface area contributed by atoms with Crippen molar-refractivity contribution < 1.29 is 28.6 Å². The molecule has 2 amide bonds. The van der Waals surface area contributed by atoms with E-state index in [1.54, 1.807) is 41.5 Å². The van der Waals surface area contributed by atoms with Crippen LogP contribution in [0.25, 0.3) is 0 Å². The molecule has 2 aromatic rings. The third kappa shape index (κ3) is 5.14. The van der Waals surface area contributed by atoms with Crippen molar-refractivity contribution in [3.05, 3.63) is 60.2 Å². The van der Waals surface area contributed by atoms with Gasteiger partial charge in [0.05, 0.1) is 17.5 Å². The van der Waals surface area contributed by atoms with Gasteiger partial charge in [-0.25, -0.2) is 14.4 Å². The molecule has 3 atom stereocenters. The molecule has 2 aliphatic rings. The fourth-order valence-corrected chi connectivity index (χ4v) is 6.44. The number of rotatable bonds is 3. The van der Waals surface area contributed by atoms with Gasteiger partial charge in [-0.05, 0) is 65.3 Å². The van der Waals surface area contributed by atoms with Crippen LogP contribution in [0.1, 0.15) is 53.5 Å². The number of hydrogen-bond donors (Lipinski definition) is 0. The fourth-order valence-electron chi connectivity index (χ4n) is 4.87. The molecule has 0 saturated carbocycles. The number of para-hydroxylation sites is 1. The van der Waals surface area contributed by atoms with Gasteiger partial charge < -0.3 is 14.2 Å². The second-order valence-corrected chi connectivity index (χ2v) is 12.6. The van der Waals surface area contributed by atoms with Crippen molar-refractivity contribution in [1.29, 1.82) is 0 Å². The maximum Gasteiger partial charge on any atom is 0.416 e. The molecule has 1 fully saturated rings. The first-order chi connectivity index (χ1) is 17.3. The molecule has 0 unspecified atom stereocenters. The van der Waals surface area contributed by atoms with E-state index in [0.717, 1.165) is 10.5 Å². The van der Waals surface area contributed by atoms with Crippen LogP contribution < -0.4 is 4.90 Å². The number of likely N-dealkylation sites (tertiary alicyclic amines) is 1. The normalized spacial score (nSPS) is 22.8. The number of fused-ring (bicyclic) bond motifs is 3. The molecule has 0 spiro atoms. The zero-order valence-electron chi connectivity index (χ0n) is 22.3. The molecule has 2 aliphatic heterocycles. The number of hydrogen-bond acceptors (Lipinski definition) is 7. The van der Waals surface area contributed by atoms with E-state index in [4.69, 9.17) is 14.2 Å². The van der Waals surface area contributed by atoms with E-state index in [-0.39, 0.29) is 6.42 Å². The van der Waals surface area contributed by atoms with Crippen LogP contribution in [0.4, 0.5) is 15.3 Å². The largest absolute Gasteiger partial charge is 0.467 e. The van der Waals surface area contributed by atoms with E-state index >= 15 is 0 Å². The summed E-state index contributed by atoms with van der Waals surface area (Å²) in [5.41, 5.74) is -0.139. The number of carbonyl (C=O) groups excluding carboxylic acids is 3. The first-order valence-corrected chi connectivity index (χ1v) is 13.0. The molecular formula is C28H34N2O6S. The lowest BCUT2D eigenvalue weighted by Gasteiger charge is -2.38. The minimum absolute atomic E-state index is 0.222. The highest BCUT2D eigenvalue weighted by molar-refractivity contribution is 8.00. The molecule has 0 aliphatic carbocycles. The Bertz CT molecular complexity index is 1190. The predicted molar refractivity (Wildman–Crippen MR) is 141 cm³/mol. The number of esters is 1. The van der Waals surface area contributed by atoms with Crippen molar-refractivity contribution in [3.63, 3.8) is 0 Å². The summed E-state index contributed by atoms with van der Waals surface area (Å²) in [6, 6.07) is 16.3. The predicted octanol–water partition coefficient (Wildman–Crippen LogP) is 5.94. The van der Waals surface area contributed by atoms with Crippen LogP contribution in [0.15, 0.2) is 59.5 Å². The molecule has 4 rings (SSSR count). The Morgan fingerprint density at radius 1 is 0.865 bits per heavy atom. The number of nitrogens with zero attached hydrogens (tertiary/aromatic N) is 2. The van der Waals surface area contributed by atoms with E-state index < -0.39 is 46.3 Å². The van der Waals surface area contributed by atoms with Crippen molar-refractivity contribution in [2.45, 2.75) is 81.0 Å². The fraction of sp³-hybridized carbons (Fsp3) is 0.464. The molecule has 0 aromatic heterocycles. The van der Waals surface area contributed by atoms with Crippen molar-refractivity contribution in [3.8, 4) is 0 Å². The Balaban J connectivity index is 1.94. The molecular weight excluding hydrogens is 492 g/mol. The molecule has 1 saturated heterocycles. The highest BCUT2D eigenvalue weighted by Crippen LogP contribution is 2.62. The van der Waals surface area contributed by atoms with Gasteiger partial charge in [-0.1, -0.05) is 36.4 Å². The van der Waals surface area contributed by atoms with Crippen molar-refractivity contribution >= 4 is 35.6 Å². The van der Waals surface area contributed by atoms with E-state index in [2.05, 4.69) is 0 Å². The SMILES string of the molecule is COC(=O)[C@H]1C[C@@]2(Sc3ccccc3)c3ccccc3N(C(=O)OC(C)(C)C)[C@H]2N1C(=O)OC(C)(C)C. The van der Waals surface area contributed by atoms with E-state index in [1.165, 1.54) is 28.7 Å². The van der Waals surface area contributed by atoms with Gasteiger partial charge in [-0.2, -0.15) is 0 Å². The number of amides is 2. The van der Waals surface area contributed by atoms with Crippen LogP contribution in [-0.2, 0) is 23.8 Å².